The number of rotatable bonds is 12. The van der Waals surface area contributed by atoms with E-state index < -0.39 is 7.32 Å². The minimum atomic E-state index is -1.66. The smallest absolute Gasteiger partial charge is 0.507 e. The molecule has 0 aromatic heterocycles. The summed E-state index contributed by atoms with van der Waals surface area (Å²) in [7, 11) is -1.66. The van der Waals surface area contributed by atoms with E-state index in [0.29, 0.717) is 16.7 Å². The number of hydrogen-bond donors (Lipinski definition) is 3. The van der Waals surface area contributed by atoms with Crippen molar-refractivity contribution in [1.82, 2.24) is 0 Å². The minimum absolute atomic E-state index is 0.00754. The molecule has 0 amide bonds. The highest BCUT2D eigenvalue weighted by Crippen LogP contribution is 2.40. The Morgan fingerprint density at radius 2 is 0.603 bits per heavy atom. The van der Waals surface area contributed by atoms with Crippen molar-refractivity contribution in [2.45, 2.75) is 177 Å². The number of benzene rings is 3. The summed E-state index contributed by atoms with van der Waals surface area (Å²) in [4.78, 5) is 0. The molecule has 0 atom stereocenters. The first-order valence-electron chi connectivity index (χ1n) is 20.0. The second kappa shape index (κ2) is 17.7. The van der Waals surface area contributed by atoms with Crippen LogP contribution < -0.4 is 0 Å². The normalized spacial score (nSPS) is 13.6. The van der Waals surface area contributed by atoms with Gasteiger partial charge in [0.2, 0.25) is 0 Å². The van der Waals surface area contributed by atoms with Crippen LogP contribution in [0.4, 0.5) is 0 Å². The molecule has 0 saturated carbocycles. The molecule has 0 aliphatic heterocycles. The van der Waals surface area contributed by atoms with Gasteiger partial charge in [-0.1, -0.05) is 143 Å². The molecule has 0 saturated heterocycles. The minimum Gasteiger partial charge on any atom is -0.507 e. The number of phenols is 3. The van der Waals surface area contributed by atoms with Gasteiger partial charge in [0.15, 0.2) is 0 Å². The van der Waals surface area contributed by atoms with Gasteiger partial charge in [-0.3, -0.25) is 0 Å². The predicted molar refractivity (Wildman–Crippen MR) is 231 cm³/mol. The van der Waals surface area contributed by atoms with Crippen molar-refractivity contribution < 1.29 is 29.6 Å². The lowest BCUT2D eigenvalue weighted by Gasteiger charge is -2.27. The summed E-state index contributed by atoms with van der Waals surface area (Å²) >= 11 is 0. The summed E-state index contributed by atoms with van der Waals surface area (Å²) in [6.45, 7) is 37.4. The number of nitrogens with zero attached hydrogens (tertiary/aromatic N) is 6. The highest BCUT2D eigenvalue weighted by atomic mass is 16.9. The lowest BCUT2D eigenvalue weighted by Crippen LogP contribution is -2.20. The first-order chi connectivity index (χ1) is 26.3. The largest absolute Gasteiger partial charge is 0.933 e. The van der Waals surface area contributed by atoms with Gasteiger partial charge in [0, 0.05) is 32.5 Å². The predicted octanol–water partition coefficient (Wildman–Crippen LogP) is 12.6. The summed E-state index contributed by atoms with van der Waals surface area (Å²) in [5.74, 6) is 0.439. The van der Waals surface area contributed by atoms with Crippen LogP contribution in [0.5, 0.6) is 17.2 Å². The zero-order valence-corrected chi connectivity index (χ0v) is 38.4. The summed E-state index contributed by atoms with van der Waals surface area (Å²) in [5.41, 5.74) is 5.88. The molecule has 3 N–H and O–H groups in total. The third-order valence-corrected chi connectivity index (χ3v) is 9.88. The van der Waals surface area contributed by atoms with Gasteiger partial charge in [0.05, 0.1) is 19.6 Å². The van der Waals surface area contributed by atoms with E-state index in [1.165, 1.54) is 0 Å². The Hall–Kier alpha value is -4.68. The van der Waals surface area contributed by atoms with E-state index in [0.717, 1.165) is 33.4 Å². The molecule has 3 aromatic carbocycles. The van der Waals surface area contributed by atoms with E-state index in [9.17, 15) is 15.3 Å². The Bertz CT molecular complexity index is 1760. The zero-order valence-electron chi connectivity index (χ0n) is 38.4. The standard InChI is InChI=1S/C45H69BN6O6/c1-40(2,3)31-19-28(37(53)34(22-31)43(10,11)12)25-47-50-56-46(57-51-48-26-29-20-32(41(4,5)6)23-35(38(29)54)44(13,14)15)58-52-49-27-30-21-33(42(7,8)9)24-36(39(30)55)45(16,17)18/h19-24,53-55H,25-27H2,1-18H3/b50-47+,51-48+,52-49+. The van der Waals surface area contributed by atoms with Crippen molar-refractivity contribution >= 4 is 7.32 Å². The van der Waals surface area contributed by atoms with Crippen LogP contribution in [0.15, 0.2) is 67.6 Å². The summed E-state index contributed by atoms with van der Waals surface area (Å²) < 4.78 is 16.3. The molecule has 58 heavy (non-hydrogen) atoms. The lowest BCUT2D eigenvalue weighted by atomic mass is 9.79. The quantitative estimate of drug-likeness (QED) is 0.0938. The Morgan fingerprint density at radius 1 is 0.379 bits per heavy atom. The maximum absolute atomic E-state index is 11.2. The van der Waals surface area contributed by atoms with Gasteiger partial charge in [0.1, 0.15) is 17.2 Å². The monoisotopic (exact) mass is 801 g/mol. The van der Waals surface area contributed by atoms with Crippen molar-refractivity contribution in [1.29, 1.82) is 0 Å². The van der Waals surface area contributed by atoms with Crippen LogP contribution in [0, 0.1) is 0 Å². The Balaban J connectivity index is 1.92. The first kappa shape index (κ1) is 47.7. The van der Waals surface area contributed by atoms with Crippen molar-refractivity contribution in [2.75, 3.05) is 0 Å². The van der Waals surface area contributed by atoms with E-state index in [2.05, 4.69) is 93.5 Å². The fourth-order valence-corrected chi connectivity index (χ4v) is 6.05. The Kier molecular flexibility index (Phi) is 14.5. The molecule has 0 unspecified atom stereocenters. The summed E-state index contributed by atoms with van der Waals surface area (Å²) in [6, 6.07) is 11.9. The van der Waals surface area contributed by atoms with E-state index in [-0.39, 0.29) is 69.4 Å². The second-order valence-corrected chi connectivity index (χ2v) is 21.3. The van der Waals surface area contributed by atoms with Crippen LogP contribution >= 0.6 is 0 Å². The molecule has 0 spiro atoms. The van der Waals surface area contributed by atoms with Gasteiger partial charge >= 0.3 is 7.32 Å². The van der Waals surface area contributed by atoms with Crippen LogP contribution in [0.2, 0.25) is 0 Å². The zero-order chi connectivity index (χ0) is 44.2. The lowest BCUT2D eigenvalue weighted by molar-refractivity contribution is 0.0778. The number of aromatic hydroxyl groups is 3. The molecule has 318 valence electrons. The second-order valence-electron chi connectivity index (χ2n) is 21.3. The molecule has 0 fully saturated rings. The topological polar surface area (TPSA) is 163 Å². The van der Waals surface area contributed by atoms with Crippen LogP contribution in [0.25, 0.3) is 0 Å². The molecule has 0 aliphatic carbocycles. The number of phenolic OH excluding ortho intramolecular Hbond substituents is 3. The van der Waals surface area contributed by atoms with Gasteiger partial charge in [-0.2, -0.15) is 15.3 Å². The molecule has 3 rings (SSSR count). The molecule has 0 aliphatic rings. The van der Waals surface area contributed by atoms with Gasteiger partial charge in [-0.15, -0.1) is 0 Å². The maximum atomic E-state index is 11.2. The third kappa shape index (κ3) is 12.9. The Morgan fingerprint density at radius 3 is 0.793 bits per heavy atom. The van der Waals surface area contributed by atoms with Crippen molar-refractivity contribution in [3.63, 3.8) is 0 Å². The highest BCUT2D eigenvalue weighted by molar-refractivity contribution is 6.35. The van der Waals surface area contributed by atoms with E-state index >= 15 is 0 Å². The molecule has 12 nitrogen and oxygen atoms in total. The number of hydrogen-bond acceptors (Lipinski definition) is 12. The average Bonchev–Trinajstić information content (AvgIpc) is 3.05. The SMILES string of the molecule is CC(C)(C)c1cc(C/N=N/OB(O/N=N/Cc2cc(C(C)(C)C)cc(C(C)(C)C)c2O)O/N=N/Cc2cc(C(C)(C)C)cc(C(C)(C)C)c2O)c(O)c(C(C)(C)C)c1. The molecule has 0 heterocycles. The summed E-state index contributed by atoms with van der Waals surface area (Å²) in [6.07, 6.45) is 0. The molecular formula is C45H69BN6O6. The van der Waals surface area contributed by atoms with Crippen LogP contribution in [-0.4, -0.2) is 22.6 Å². The van der Waals surface area contributed by atoms with Crippen LogP contribution in [0.3, 0.4) is 0 Å². The highest BCUT2D eigenvalue weighted by Gasteiger charge is 2.33. The fraction of sp³-hybridized carbons (Fsp3) is 0.600. The van der Waals surface area contributed by atoms with Gasteiger partial charge in [-0.05, 0) is 84.1 Å². The molecular weight excluding hydrogens is 731 g/mol. The van der Waals surface area contributed by atoms with Crippen molar-refractivity contribution in [3.05, 3.63) is 86.5 Å². The van der Waals surface area contributed by atoms with E-state index in [1.54, 1.807) is 0 Å². The van der Waals surface area contributed by atoms with Gasteiger partial charge < -0.3 is 29.6 Å². The summed E-state index contributed by atoms with van der Waals surface area (Å²) in [5, 5.41) is 57.6. The van der Waals surface area contributed by atoms with E-state index in [1.807, 2.05) is 98.7 Å². The van der Waals surface area contributed by atoms with Gasteiger partial charge in [0.25, 0.3) is 0 Å². The van der Waals surface area contributed by atoms with E-state index in [4.69, 9.17) is 14.3 Å². The molecule has 0 bridgehead atoms. The molecule has 13 heteroatoms. The van der Waals surface area contributed by atoms with Crippen LogP contribution in [-0.2, 0) is 66.4 Å². The third-order valence-electron chi connectivity index (χ3n) is 9.88. The van der Waals surface area contributed by atoms with Crippen LogP contribution in [0.1, 0.15) is 175 Å². The van der Waals surface area contributed by atoms with Crippen molar-refractivity contribution in [3.8, 4) is 17.2 Å². The Labute approximate surface area is 347 Å². The van der Waals surface area contributed by atoms with Crippen molar-refractivity contribution in [2.24, 2.45) is 31.2 Å². The maximum Gasteiger partial charge on any atom is 0.933 e. The molecule has 0 radical (unpaired) electrons. The average molecular weight is 801 g/mol. The first-order valence-corrected chi connectivity index (χ1v) is 20.0. The van der Waals surface area contributed by atoms with Gasteiger partial charge in [-0.25, -0.2) is 0 Å². The molecule has 3 aromatic rings. The fourth-order valence-electron chi connectivity index (χ4n) is 6.05.